The van der Waals surface area contributed by atoms with E-state index in [1.807, 2.05) is 67.3 Å². The molecule has 0 fully saturated rings. The second-order valence-electron chi connectivity index (χ2n) is 25.3. The van der Waals surface area contributed by atoms with Crippen LogP contribution in [0.5, 0.6) is 0 Å². The number of aromatic nitrogens is 9. The number of benzene rings is 11. The molecule has 0 saturated carbocycles. The van der Waals surface area contributed by atoms with Crippen molar-refractivity contribution in [1.29, 1.82) is 0 Å². The van der Waals surface area contributed by atoms with Crippen LogP contribution in [0.4, 0.5) is 0 Å². The van der Waals surface area contributed by atoms with Crippen LogP contribution in [0.3, 0.4) is 0 Å². The van der Waals surface area contributed by atoms with Crippen molar-refractivity contribution < 1.29 is 0 Å². The van der Waals surface area contributed by atoms with Gasteiger partial charge in [-0.25, -0.2) is 15.0 Å². The van der Waals surface area contributed by atoms with Crippen LogP contribution in [0.2, 0.25) is 0 Å². The highest BCUT2D eigenvalue weighted by atomic mass is 15.1. The Morgan fingerprint density at radius 2 is 0.580 bits per heavy atom. The third-order valence-electron chi connectivity index (χ3n) is 19.4. The molecule has 0 radical (unpaired) electrons. The van der Waals surface area contributed by atoms with Gasteiger partial charge in [0.05, 0.1) is 50.2 Å². The van der Waals surface area contributed by atoms with E-state index in [4.69, 9.17) is 24.9 Å². The zero-order chi connectivity index (χ0) is 66.0. The average molecular weight is 1280 g/mol. The standard InChI is InChI=1S/C46H30N4.C45H29N5/c1-4-14-31(15-5-1)34-28-41(32-16-6-2-7-17-32)48-45(29-34)50-43-23-13-10-20-37(43)39-26-33(24-25-44(39)50)35-27-40-38-21-11-12-22-42(38)49(46(40)47-30-35)36-18-8-3-9-19-36;1-2-12-34(13-3-1)50-43-19-7-5-15-37(43)39-28-33(29-48-45(39)50)30-20-21-44-38(27-30)36-14-4-6-18-42(36)49(44)35-25-31(40-16-8-10-22-46-40)24-32(26-35)41-17-9-11-23-47-41/h1-30H;1-29H. The van der Waals surface area contributed by atoms with Crippen molar-refractivity contribution in [3.63, 3.8) is 0 Å². The van der Waals surface area contributed by atoms with Crippen LogP contribution in [-0.2, 0) is 0 Å². The molecule has 9 nitrogen and oxygen atoms in total. The van der Waals surface area contributed by atoms with Crippen LogP contribution >= 0.6 is 0 Å². The summed E-state index contributed by atoms with van der Waals surface area (Å²) >= 11 is 0. The van der Waals surface area contributed by atoms with E-state index in [0.29, 0.717) is 0 Å². The molecular weight excluding hydrogens is 1220 g/mol. The first kappa shape index (κ1) is 57.8. The average Bonchev–Trinajstić information content (AvgIpc) is 1.51. The van der Waals surface area contributed by atoms with E-state index < -0.39 is 0 Å². The summed E-state index contributed by atoms with van der Waals surface area (Å²) in [6.07, 6.45) is 7.71. The van der Waals surface area contributed by atoms with E-state index >= 15 is 0 Å². The highest BCUT2D eigenvalue weighted by molar-refractivity contribution is 6.14. The number of hydrogen-bond acceptors (Lipinski definition) is 5. The maximum Gasteiger partial charge on any atom is 0.145 e. The van der Waals surface area contributed by atoms with Crippen molar-refractivity contribution in [3.8, 4) is 90.0 Å². The van der Waals surface area contributed by atoms with Crippen molar-refractivity contribution in [3.05, 3.63) is 358 Å². The van der Waals surface area contributed by atoms with Crippen LogP contribution in [0.1, 0.15) is 0 Å². The third kappa shape index (κ3) is 9.98. The van der Waals surface area contributed by atoms with Gasteiger partial charge in [-0.05, 0) is 162 Å². The van der Waals surface area contributed by atoms with E-state index in [2.05, 4.69) is 309 Å². The minimum Gasteiger partial charge on any atom is -0.309 e. The van der Waals surface area contributed by atoms with Crippen LogP contribution in [0.15, 0.2) is 358 Å². The molecule has 0 atom stereocenters. The molecular formula is C91H59N9. The summed E-state index contributed by atoms with van der Waals surface area (Å²) in [4.78, 5) is 24.9. The van der Waals surface area contributed by atoms with Gasteiger partial charge in [0.2, 0.25) is 0 Å². The largest absolute Gasteiger partial charge is 0.309 e. The summed E-state index contributed by atoms with van der Waals surface area (Å²) < 4.78 is 9.18. The van der Waals surface area contributed by atoms with E-state index in [1.54, 1.807) is 0 Å². The molecule has 0 spiro atoms. The van der Waals surface area contributed by atoms with E-state index in [9.17, 15) is 0 Å². The van der Waals surface area contributed by atoms with Gasteiger partial charge in [0.15, 0.2) is 0 Å². The Kier molecular flexibility index (Phi) is 14.0. The molecule has 9 heteroatoms. The van der Waals surface area contributed by atoms with Crippen molar-refractivity contribution in [2.24, 2.45) is 0 Å². The zero-order valence-corrected chi connectivity index (χ0v) is 54.1. The summed E-state index contributed by atoms with van der Waals surface area (Å²) in [5.74, 6) is 0.890. The number of hydrogen-bond donors (Lipinski definition) is 0. The number of rotatable bonds is 10. The highest BCUT2D eigenvalue weighted by Crippen LogP contribution is 2.42. The fourth-order valence-corrected chi connectivity index (χ4v) is 14.8. The SMILES string of the molecule is c1ccc(-c2cc(-c3ccccc3)nc(-n3c4ccccc4c4cc(-c5cnc6c(c5)c5ccccc5n6-c5ccccc5)ccc43)c2)cc1.c1ccc(-n2c3ccccc3c3cc(-c4ccc5c(c4)c4ccccc4n5-c4cc(-c5ccccn5)cc(-c5ccccn5)c4)cnc32)cc1. The molecule has 20 aromatic rings. The van der Waals surface area contributed by atoms with Gasteiger partial charge < -0.3 is 4.57 Å². The summed E-state index contributed by atoms with van der Waals surface area (Å²) in [5, 5.41) is 9.41. The van der Waals surface area contributed by atoms with Crippen LogP contribution in [0, 0.1) is 0 Å². The molecule has 0 aliphatic heterocycles. The topological polar surface area (TPSA) is 84.2 Å². The minimum absolute atomic E-state index is 0.890. The first-order valence-corrected chi connectivity index (χ1v) is 33.7. The second kappa shape index (κ2) is 24.2. The van der Waals surface area contributed by atoms with Crippen LogP contribution in [-0.4, -0.2) is 43.2 Å². The molecule has 0 bridgehead atoms. The monoisotopic (exact) mass is 1280 g/mol. The lowest BCUT2D eigenvalue weighted by Crippen LogP contribution is -2.00. The molecule has 0 amide bonds. The molecule has 0 unspecified atom stereocenters. The van der Waals surface area contributed by atoms with E-state index in [-0.39, 0.29) is 0 Å². The predicted molar refractivity (Wildman–Crippen MR) is 412 cm³/mol. The summed E-state index contributed by atoms with van der Waals surface area (Å²) in [6, 6.07) is 118. The van der Waals surface area contributed by atoms with Gasteiger partial charge in [-0.2, -0.15) is 0 Å². The maximum absolute atomic E-state index is 5.29. The van der Waals surface area contributed by atoms with E-state index in [1.165, 1.54) is 32.3 Å². The van der Waals surface area contributed by atoms with Crippen molar-refractivity contribution in [2.45, 2.75) is 0 Å². The molecule has 11 aromatic carbocycles. The Balaban J connectivity index is 0.000000139. The Bertz CT molecular complexity index is 5980. The second-order valence-corrected chi connectivity index (χ2v) is 25.3. The molecule has 20 rings (SSSR count). The van der Waals surface area contributed by atoms with Crippen molar-refractivity contribution in [2.75, 3.05) is 0 Å². The van der Waals surface area contributed by atoms with Crippen LogP contribution in [0.25, 0.3) is 178 Å². The normalized spacial score (nSPS) is 11.6. The fraction of sp³-hybridized carbons (Fsp3) is 0. The lowest BCUT2D eigenvalue weighted by molar-refractivity contribution is 1.08. The first-order valence-electron chi connectivity index (χ1n) is 33.7. The molecule has 0 aliphatic carbocycles. The predicted octanol–water partition coefficient (Wildman–Crippen LogP) is 22.7. The van der Waals surface area contributed by atoms with Crippen molar-refractivity contribution in [1.82, 2.24) is 43.2 Å². The molecule has 9 heterocycles. The number of para-hydroxylation sites is 6. The van der Waals surface area contributed by atoms with Gasteiger partial charge in [0, 0.05) is 113 Å². The molecule has 0 N–H and O–H groups in total. The third-order valence-corrected chi connectivity index (χ3v) is 19.4. The molecule has 9 aromatic heterocycles. The van der Waals surface area contributed by atoms with Crippen molar-refractivity contribution >= 4 is 87.5 Å². The Hall–Kier alpha value is -13.6. The Morgan fingerprint density at radius 1 is 0.190 bits per heavy atom. The smallest absolute Gasteiger partial charge is 0.145 e. The molecule has 0 saturated heterocycles. The molecule has 468 valence electrons. The maximum atomic E-state index is 5.29. The van der Waals surface area contributed by atoms with Gasteiger partial charge in [0.25, 0.3) is 0 Å². The quantitative estimate of drug-likeness (QED) is 0.136. The summed E-state index contributed by atoms with van der Waals surface area (Å²) in [7, 11) is 0. The Morgan fingerprint density at radius 3 is 1.06 bits per heavy atom. The molecule has 0 aliphatic rings. The highest BCUT2D eigenvalue weighted by Gasteiger charge is 2.22. The number of pyridine rings is 5. The Labute approximate surface area is 575 Å². The van der Waals surface area contributed by atoms with Gasteiger partial charge in [-0.15, -0.1) is 0 Å². The van der Waals surface area contributed by atoms with Crippen LogP contribution < -0.4 is 0 Å². The van der Waals surface area contributed by atoms with Gasteiger partial charge in [0.1, 0.15) is 17.1 Å². The minimum atomic E-state index is 0.890. The summed E-state index contributed by atoms with van der Waals surface area (Å²) in [5.41, 5.74) is 24.7. The first-order chi connectivity index (χ1) is 49.6. The van der Waals surface area contributed by atoms with Gasteiger partial charge >= 0.3 is 0 Å². The van der Waals surface area contributed by atoms with Gasteiger partial charge in [-0.3, -0.25) is 23.7 Å². The zero-order valence-electron chi connectivity index (χ0n) is 54.1. The lowest BCUT2D eigenvalue weighted by atomic mass is 10.0. The van der Waals surface area contributed by atoms with Gasteiger partial charge in [-0.1, -0.05) is 194 Å². The van der Waals surface area contributed by atoms with E-state index in [0.717, 1.165) is 145 Å². The number of nitrogens with zero attached hydrogens (tertiary/aromatic N) is 9. The number of fused-ring (bicyclic) bond motifs is 12. The fourth-order valence-electron chi connectivity index (χ4n) is 14.8. The molecule has 100 heavy (non-hydrogen) atoms. The summed E-state index contributed by atoms with van der Waals surface area (Å²) in [6.45, 7) is 0. The lowest BCUT2D eigenvalue weighted by Gasteiger charge is -2.13.